The van der Waals surface area contributed by atoms with E-state index in [0.717, 1.165) is 6.61 Å². The van der Waals surface area contributed by atoms with Crippen molar-refractivity contribution in [2.75, 3.05) is 6.61 Å². The first-order chi connectivity index (χ1) is 4.93. The SMILES string of the molecule is CCCC[C-]1CCCCO1. The van der Waals surface area contributed by atoms with E-state index in [1.165, 1.54) is 44.6 Å². The summed E-state index contributed by atoms with van der Waals surface area (Å²) in [5, 5.41) is 0. The van der Waals surface area contributed by atoms with Gasteiger partial charge in [0, 0.05) is 6.61 Å². The summed E-state index contributed by atoms with van der Waals surface area (Å²) in [7, 11) is 0. The van der Waals surface area contributed by atoms with Gasteiger partial charge in [-0.3, -0.25) is 0 Å². The molecule has 0 spiro atoms. The molecule has 0 bridgehead atoms. The molecule has 0 N–H and O–H groups in total. The normalized spacial score (nSPS) is 21.3. The van der Waals surface area contributed by atoms with Gasteiger partial charge in [-0.2, -0.15) is 18.9 Å². The Morgan fingerprint density at radius 1 is 1.40 bits per heavy atom. The molecule has 10 heavy (non-hydrogen) atoms. The minimum Gasteiger partial charge on any atom is -0.549 e. The van der Waals surface area contributed by atoms with Crippen LogP contribution in [0.2, 0.25) is 0 Å². The van der Waals surface area contributed by atoms with Crippen LogP contribution in [0.4, 0.5) is 0 Å². The number of hydrogen-bond donors (Lipinski definition) is 0. The van der Waals surface area contributed by atoms with Crippen LogP contribution in [0.5, 0.6) is 0 Å². The predicted molar refractivity (Wildman–Crippen MR) is 42.6 cm³/mol. The molecule has 0 unspecified atom stereocenters. The largest absolute Gasteiger partial charge is 0.549 e. The van der Waals surface area contributed by atoms with Gasteiger partial charge in [0.15, 0.2) is 0 Å². The van der Waals surface area contributed by atoms with E-state index < -0.39 is 0 Å². The van der Waals surface area contributed by atoms with Crippen LogP contribution < -0.4 is 0 Å². The minimum atomic E-state index is 0.971. The van der Waals surface area contributed by atoms with Gasteiger partial charge in [-0.1, -0.05) is 26.2 Å². The fraction of sp³-hybridized carbons (Fsp3) is 0.889. The van der Waals surface area contributed by atoms with Crippen molar-refractivity contribution in [3.8, 4) is 0 Å². The first kappa shape index (κ1) is 8.06. The van der Waals surface area contributed by atoms with Gasteiger partial charge in [-0.25, -0.2) is 0 Å². The van der Waals surface area contributed by atoms with Crippen molar-refractivity contribution in [3.05, 3.63) is 6.10 Å². The maximum absolute atomic E-state index is 5.50. The number of hydrogen-bond acceptors (Lipinski definition) is 1. The lowest BCUT2D eigenvalue weighted by atomic mass is 10.0. The number of rotatable bonds is 3. The van der Waals surface area contributed by atoms with Crippen LogP contribution in [-0.4, -0.2) is 6.61 Å². The summed E-state index contributed by atoms with van der Waals surface area (Å²) in [5.74, 6) is 0. The molecule has 60 valence electrons. The highest BCUT2D eigenvalue weighted by Gasteiger charge is 1.99. The lowest BCUT2D eigenvalue weighted by molar-refractivity contribution is 0.0915. The first-order valence-corrected chi connectivity index (χ1v) is 4.41. The maximum atomic E-state index is 5.50. The van der Waals surface area contributed by atoms with Crippen molar-refractivity contribution >= 4 is 0 Å². The van der Waals surface area contributed by atoms with Crippen molar-refractivity contribution in [3.63, 3.8) is 0 Å². The maximum Gasteiger partial charge on any atom is 0.0113 e. The molecular formula is C9H17O-. The Balaban J connectivity index is 2.02. The summed E-state index contributed by atoms with van der Waals surface area (Å²) in [6, 6.07) is 0. The van der Waals surface area contributed by atoms with E-state index in [1.54, 1.807) is 0 Å². The average Bonchev–Trinajstić information content (AvgIpc) is 2.03. The second-order valence-corrected chi connectivity index (χ2v) is 2.95. The van der Waals surface area contributed by atoms with Crippen molar-refractivity contribution in [2.45, 2.75) is 45.4 Å². The highest BCUT2D eigenvalue weighted by atomic mass is 16.5. The molecule has 0 atom stereocenters. The van der Waals surface area contributed by atoms with E-state index >= 15 is 0 Å². The van der Waals surface area contributed by atoms with Crippen LogP contribution in [0, 0.1) is 6.10 Å². The second-order valence-electron chi connectivity index (χ2n) is 2.95. The van der Waals surface area contributed by atoms with Gasteiger partial charge in [0.2, 0.25) is 0 Å². The van der Waals surface area contributed by atoms with E-state index in [9.17, 15) is 0 Å². The third kappa shape index (κ3) is 2.70. The molecule has 1 nitrogen and oxygen atoms in total. The summed E-state index contributed by atoms with van der Waals surface area (Å²) in [6.45, 7) is 3.20. The molecule has 1 saturated heterocycles. The van der Waals surface area contributed by atoms with Gasteiger partial charge in [0.1, 0.15) is 0 Å². The zero-order chi connectivity index (χ0) is 7.23. The van der Waals surface area contributed by atoms with Crippen molar-refractivity contribution < 1.29 is 4.74 Å². The lowest BCUT2D eigenvalue weighted by Crippen LogP contribution is -2.10. The fourth-order valence-electron chi connectivity index (χ4n) is 1.28. The Kier molecular flexibility index (Phi) is 3.81. The van der Waals surface area contributed by atoms with E-state index in [-0.39, 0.29) is 0 Å². The lowest BCUT2D eigenvalue weighted by Gasteiger charge is -2.35. The summed E-state index contributed by atoms with van der Waals surface area (Å²) < 4.78 is 5.50. The molecule has 1 heteroatoms. The zero-order valence-corrected chi connectivity index (χ0v) is 6.86. The van der Waals surface area contributed by atoms with E-state index in [0.29, 0.717) is 0 Å². The molecule has 1 rings (SSSR count). The molecule has 0 aliphatic carbocycles. The molecule has 1 aliphatic heterocycles. The summed E-state index contributed by atoms with van der Waals surface area (Å²) in [5.41, 5.74) is 0. The van der Waals surface area contributed by atoms with E-state index in [4.69, 9.17) is 4.74 Å². The highest BCUT2D eigenvalue weighted by molar-refractivity contribution is 4.80. The van der Waals surface area contributed by atoms with Crippen molar-refractivity contribution in [2.24, 2.45) is 0 Å². The molecule has 0 radical (unpaired) electrons. The topological polar surface area (TPSA) is 9.23 Å². The molecule has 1 aliphatic rings. The smallest absolute Gasteiger partial charge is 0.0113 e. The van der Waals surface area contributed by atoms with Crippen molar-refractivity contribution in [1.82, 2.24) is 0 Å². The zero-order valence-electron chi connectivity index (χ0n) is 6.86. The van der Waals surface area contributed by atoms with Crippen LogP contribution in [0.25, 0.3) is 0 Å². The van der Waals surface area contributed by atoms with Gasteiger partial charge < -0.3 is 4.74 Å². The van der Waals surface area contributed by atoms with Crippen LogP contribution in [0.15, 0.2) is 0 Å². The minimum absolute atomic E-state index is 0.971. The fourth-order valence-corrected chi connectivity index (χ4v) is 1.28. The Bertz CT molecular complexity index is 74.8. The molecule has 0 aromatic rings. The van der Waals surface area contributed by atoms with Crippen LogP contribution in [-0.2, 0) is 4.74 Å². The highest BCUT2D eigenvalue weighted by Crippen LogP contribution is 2.23. The van der Waals surface area contributed by atoms with E-state index in [2.05, 4.69) is 6.92 Å². The first-order valence-electron chi connectivity index (χ1n) is 4.41. The molecule has 1 fully saturated rings. The van der Waals surface area contributed by atoms with Crippen LogP contribution >= 0.6 is 0 Å². The van der Waals surface area contributed by atoms with Gasteiger partial charge in [0.05, 0.1) is 0 Å². The van der Waals surface area contributed by atoms with Gasteiger partial charge in [0.25, 0.3) is 0 Å². The standard InChI is InChI=1S/C9H17O/c1-2-3-6-9-7-4-5-8-10-9/h2-8H2,1H3/q-1. The van der Waals surface area contributed by atoms with Crippen molar-refractivity contribution in [1.29, 1.82) is 0 Å². The number of ether oxygens (including phenoxy) is 1. The molecular weight excluding hydrogens is 124 g/mol. The third-order valence-corrected chi connectivity index (χ3v) is 1.97. The van der Waals surface area contributed by atoms with Gasteiger partial charge in [-0.05, 0) is 6.42 Å². The molecule has 1 heterocycles. The molecule has 0 saturated carbocycles. The number of unbranched alkanes of at least 4 members (excludes halogenated alkanes) is 1. The summed E-state index contributed by atoms with van der Waals surface area (Å²) in [4.78, 5) is 0. The van der Waals surface area contributed by atoms with Crippen LogP contribution in [0.3, 0.4) is 0 Å². The Morgan fingerprint density at radius 3 is 2.90 bits per heavy atom. The van der Waals surface area contributed by atoms with Crippen LogP contribution in [0.1, 0.15) is 45.4 Å². The third-order valence-electron chi connectivity index (χ3n) is 1.97. The summed E-state index contributed by atoms with van der Waals surface area (Å²) >= 11 is 0. The molecule has 0 amide bonds. The Morgan fingerprint density at radius 2 is 2.30 bits per heavy atom. The summed E-state index contributed by atoms with van der Waals surface area (Å²) in [6.07, 6.45) is 8.97. The van der Waals surface area contributed by atoms with Gasteiger partial charge in [-0.15, -0.1) is 0 Å². The monoisotopic (exact) mass is 141 g/mol. The average molecular weight is 141 g/mol. The van der Waals surface area contributed by atoms with E-state index in [1.807, 2.05) is 0 Å². The second kappa shape index (κ2) is 4.73. The Hall–Kier alpha value is -0.0400. The molecule has 0 aromatic heterocycles. The predicted octanol–water partition coefficient (Wildman–Crippen LogP) is 2.91. The molecule has 0 aromatic carbocycles. The quantitative estimate of drug-likeness (QED) is 0.549. The Labute approximate surface area is 63.8 Å². The van der Waals surface area contributed by atoms with Gasteiger partial charge >= 0.3 is 0 Å².